The molecule has 12 heteroatoms. The van der Waals surface area contributed by atoms with E-state index in [0.29, 0.717) is 12.7 Å². The van der Waals surface area contributed by atoms with Gasteiger partial charge in [-0.05, 0) is 18.6 Å². The molecule has 0 fully saturated rings. The zero-order valence-electron chi connectivity index (χ0n) is 12.5. The molecule has 0 saturated heterocycles. The molecule has 0 aliphatic heterocycles. The van der Waals surface area contributed by atoms with Gasteiger partial charge in [0.2, 0.25) is 0 Å². The number of halogens is 6. The van der Waals surface area contributed by atoms with Crippen molar-refractivity contribution in [3.8, 4) is 0 Å². The van der Waals surface area contributed by atoms with Crippen LogP contribution >= 0.6 is 0 Å². The molecule has 0 unspecified atom stereocenters. The number of aromatic nitrogens is 3. The number of carbonyl (C=O) groups excluding carboxylic acids is 1. The molecular weight excluding hydrogens is 356 g/mol. The van der Waals surface area contributed by atoms with Gasteiger partial charge in [-0.1, -0.05) is 18.2 Å². The molecule has 1 aromatic heterocycles. The molecule has 0 saturated carbocycles. The van der Waals surface area contributed by atoms with E-state index in [2.05, 4.69) is 10.2 Å². The highest BCUT2D eigenvalue weighted by atomic mass is 19.4. The number of nitrogens with one attached hydrogen (secondary N) is 2. The lowest BCUT2D eigenvalue weighted by atomic mass is 10.1. The van der Waals surface area contributed by atoms with Gasteiger partial charge in [-0.3, -0.25) is 10.2 Å². The number of hydrogen-bond acceptors (Lipinski definition) is 4. The molecule has 2 N–H and O–H groups in total. The number of carbonyl (C=O) groups is 1. The van der Waals surface area contributed by atoms with E-state index in [4.69, 9.17) is 0 Å². The highest BCUT2D eigenvalue weighted by Gasteiger charge is 2.73. The maximum Gasteiger partial charge on any atom is 0.441 e. The maximum absolute atomic E-state index is 13.4. The van der Waals surface area contributed by atoms with Crippen molar-refractivity contribution in [1.82, 2.24) is 20.2 Å². The number of rotatable bonds is 4. The molecule has 136 valence electrons. The fourth-order valence-corrected chi connectivity index (χ4v) is 1.97. The highest BCUT2D eigenvalue weighted by Crippen LogP contribution is 2.42. The Morgan fingerprint density at radius 1 is 1.00 bits per heavy atom. The first-order valence-corrected chi connectivity index (χ1v) is 6.62. The Kier molecular flexibility index (Phi) is 4.64. The first-order chi connectivity index (χ1) is 11.5. The van der Waals surface area contributed by atoms with Gasteiger partial charge in [0, 0.05) is 5.56 Å². The summed E-state index contributed by atoms with van der Waals surface area (Å²) in [6, 6.07) is 5.30. The van der Waals surface area contributed by atoms with Gasteiger partial charge >= 0.3 is 18.0 Å². The molecule has 2 aromatic rings. The Balaban J connectivity index is 2.50. The molecule has 1 amide bonds. The third-order valence-corrected chi connectivity index (χ3v) is 3.26. The summed E-state index contributed by atoms with van der Waals surface area (Å²) in [7, 11) is 0. The molecule has 25 heavy (non-hydrogen) atoms. The molecule has 1 heterocycles. The SMILES string of the molecule is Cc1ccccc1C(=O)NC(Nn1cnnc1)(C(F)(F)F)C(F)(F)F. The quantitative estimate of drug-likeness (QED) is 0.643. The van der Waals surface area contributed by atoms with Crippen LogP contribution < -0.4 is 10.7 Å². The smallest absolute Gasteiger partial charge is 0.313 e. The molecule has 0 bridgehead atoms. The fourth-order valence-electron chi connectivity index (χ4n) is 1.97. The first kappa shape index (κ1) is 18.5. The second-order valence-electron chi connectivity index (χ2n) is 5.00. The monoisotopic (exact) mass is 367 g/mol. The summed E-state index contributed by atoms with van der Waals surface area (Å²) in [5.41, 5.74) is -3.68. The van der Waals surface area contributed by atoms with E-state index in [0.717, 1.165) is 11.4 Å². The van der Waals surface area contributed by atoms with Crippen molar-refractivity contribution >= 4 is 5.91 Å². The van der Waals surface area contributed by atoms with Crippen LogP contribution in [0.4, 0.5) is 26.3 Å². The van der Waals surface area contributed by atoms with Crippen molar-refractivity contribution in [1.29, 1.82) is 0 Å². The summed E-state index contributed by atoms with van der Waals surface area (Å²) in [4.78, 5) is 12.1. The maximum atomic E-state index is 13.4. The van der Waals surface area contributed by atoms with Crippen LogP contribution in [0, 0.1) is 6.92 Å². The fraction of sp³-hybridized carbons (Fsp3) is 0.308. The molecular formula is C13H11F6N5O. The van der Waals surface area contributed by atoms with Crippen molar-refractivity contribution in [3.63, 3.8) is 0 Å². The van der Waals surface area contributed by atoms with Crippen LogP contribution in [-0.4, -0.2) is 38.8 Å². The molecule has 0 aliphatic rings. The lowest BCUT2D eigenvalue weighted by molar-refractivity contribution is -0.297. The normalized spacial score (nSPS) is 12.8. The van der Waals surface area contributed by atoms with E-state index < -0.39 is 23.9 Å². The highest BCUT2D eigenvalue weighted by molar-refractivity contribution is 5.96. The van der Waals surface area contributed by atoms with Crippen molar-refractivity contribution < 1.29 is 31.1 Å². The van der Waals surface area contributed by atoms with Crippen LogP contribution in [0.2, 0.25) is 0 Å². The average molecular weight is 367 g/mol. The van der Waals surface area contributed by atoms with Gasteiger partial charge in [0.05, 0.1) is 0 Å². The van der Waals surface area contributed by atoms with E-state index in [1.54, 1.807) is 0 Å². The minimum atomic E-state index is -5.92. The minimum Gasteiger partial charge on any atom is -0.313 e. The van der Waals surface area contributed by atoms with E-state index in [1.165, 1.54) is 30.5 Å². The first-order valence-electron chi connectivity index (χ1n) is 6.62. The molecule has 1 aromatic carbocycles. The van der Waals surface area contributed by atoms with Gasteiger partial charge < -0.3 is 5.32 Å². The van der Waals surface area contributed by atoms with Gasteiger partial charge in [0.25, 0.3) is 5.91 Å². The summed E-state index contributed by atoms with van der Waals surface area (Å²) < 4.78 is 80.6. The zero-order valence-corrected chi connectivity index (χ0v) is 12.5. The third kappa shape index (κ3) is 3.51. The van der Waals surface area contributed by atoms with E-state index in [-0.39, 0.29) is 15.8 Å². The Labute approximate surface area is 136 Å². The molecule has 0 aliphatic carbocycles. The number of aryl methyl sites for hydroxylation is 1. The summed E-state index contributed by atoms with van der Waals surface area (Å²) in [6.45, 7) is 1.38. The van der Waals surface area contributed by atoms with Crippen LogP contribution in [-0.2, 0) is 0 Å². The van der Waals surface area contributed by atoms with Crippen molar-refractivity contribution in [3.05, 3.63) is 48.0 Å². The number of nitrogens with zero attached hydrogens (tertiary/aromatic N) is 3. The van der Waals surface area contributed by atoms with E-state index >= 15 is 0 Å². The number of hydrogen-bond donors (Lipinski definition) is 2. The largest absolute Gasteiger partial charge is 0.441 e. The summed E-state index contributed by atoms with van der Waals surface area (Å²) in [6.07, 6.45) is -10.7. The van der Waals surface area contributed by atoms with Crippen LogP contribution in [0.5, 0.6) is 0 Å². The van der Waals surface area contributed by atoms with Crippen LogP contribution in [0.25, 0.3) is 0 Å². The molecule has 0 spiro atoms. The number of alkyl halides is 6. The van der Waals surface area contributed by atoms with E-state index in [1.807, 2.05) is 0 Å². The molecule has 2 rings (SSSR count). The van der Waals surface area contributed by atoms with Crippen LogP contribution in [0.15, 0.2) is 36.9 Å². The topological polar surface area (TPSA) is 71.8 Å². The number of amides is 1. The van der Waals surface area contributed by atoms with Crippen molar-refractivity contribution in [2.45, 2.75) is 24.9 Å². The van der Waals surface area contributed by atoms with Gasteiger partial charge in [-0.2, -0.15) is 26.3 Å². The van der Waals surface area contributed by atoms with Crippen LogP contribution in [0.1, 0.15) is 15.9 Å². The number of benzene rings is 1. The summed E-state index contributed by atoms with van der Waals surface area (Å²) in [5.74, 6) is -1.55. The second-order valence-corrected chi connectivity index (χ2v) is 5.00. The summed E-state index contributed by atoms with van der Waals surface area (Å²) in [5, 5.41) is 7.28. The predicted molar refractivity (Wildman–Crippen MR) is 72.9 cm³/mol. The Morgan fingerprint density at radius 3 is 2.00 bits per heavy atom. The van der Waals surface area contributed by atoms with Gasteiger partial charge in [-0.15, -0.1) is 10.2 Å². The minimum absolute atomic E-state index is 0.211. The van der Waals surface area contributed by atoms with Crippen molar-refractivity contribution in [2.24, 2.45) is 0 Å². The Bertz CT molecular complexity index is 726. The Morgan fingerprint density at radius 2 is 1.52 bits per heavy atom. The summed E-state index contributed by atoms with van der Waals surface area (Å²) >= 11 is 0. The van der Waals surface area contributed by atoms with Crippen molar-refractivity contribution in [2.75, 3.05) is 5.43 Å². The van der Waals surface area contributed by atoms with Gasteiger partial charge in [0.1, 0.15) is 12.7 Å². The Hall–Kier alpha value is -2.79. The van der Waals surface area contributed by atoms with Gasteiger partial charge in [0.15, 0.2) is 0 Å². The molecule has 6 nitrogen and oxygen atoms in total. The average Bonchev–Trinajstić information content (AvgIpc) is 2.97. The second kappa shape index (κ2) is 6.26. The van der Waals surface area contributed by atoms with Gasteiger partial charge in [-0.25, -0.2) is 4.68 Å². The zero-order chi connectivity index (χ0) is 18.9. The lowest BCUT2D eigenvalue weighted by Gasteiger charge is -2.38. The standard InChI is InChI=1S/C13H11F6N5O/c1-8-4-2-3-5-9(8)10(25)22-11(12(14,15)16,13(17,18)19)23-24-6-20-21-7-24/h2-7,23H,1H3,(H,22,25). The lowest BCUT2D eigenvalue weighted by Crippen LogP contribution is -2.73. The molecule has 0 radical (unpaired) electrons. The predicted octanol–water partition coefficient (Wildman–Crippen LogP) is 2.38. The van der Waals surface area contributed by atoms with Crippen LogP contribution in [0.3, 0.4) is 0 Å². The van der Waals surface area contributed by atoms with E-state index in [9.17, 15) is 31.1 Å². The third-order valence-electron chi connectivity index (χ3n) is 3.26. The molecule has 0 atom stereocenters.